The van der Waals surface area contributed by atoms with Crippen molar-refractivity contribution in [3.63, 3.8) is 0 Å². The summed E-state index contributed by atoms with van der Waals surface area (Å²) in [5, 5.41) is 9.08. The summed E-state index contributed by atoms with van der Waals surface area (Å²) in [5.74, 6) is 7.22. The van der Waals surface area contributed by atoms with Crippen molar-refractivity contribution in [1.82, 2.24) is 4.90 Å². The topological polar surface area (TPSA) is 49.8 Å². The fraction of sp³-hybridized carbons (Fsp3) is 0.794. The van der Waals surface area contributed by atoms with Crippen molar-refractivity contribution < 1.29 is 14.6 Å². The number of carboxylic acid groups (broad SMARTS) is 1. The van der Waals surface area contributed by atoms with Gasteiger partial charge in [-0.15, -0.1) is 11.8 Å². The highest BCUT2D eigenvalue weighted by atomic mass is 16.7. The Labute approximate surface area is 236 Å². The number of rotatable bonds is 25. The predicted octanol–water partition coefficient (Wildman–Crippen LogP) is 10.2. The molecule has 0 saturated carbocycles. The highest BCUT2D eigenvalue weighted by Crippen LogP contribution is 2.17. The van der Waals surface area contributed by atoms with Crippen molar-refractivity contribution in [2.45, 2.75) is 148 Å². The van der Waals surface area contributed by atoms with Gasteiger partial charge in [0, 0.05) is 12.3 Å². The fourth-order valence-corrected chi connectivity index (χ4v) is 4.56. The molecule has 0 aromatic carbocycles. The van der Waals surface area contributed by atoms with Crippen LogP contribution in [0.1, 0.15) is 142 Å². The largest absolute Gasteiger partial charge is 0.506 e. The van der Waals surface area contributed by atoms with Gasteiger partial charge in [-0.2, -0.15) is 0 Å². The second-order valence-corrected chi connectivity index (χ2v) is 11.1. The van der Waals surface area contributed by atoms with Gasteiger partial charge < -0.3 is 14.7 Å². The zero-order valence-corrected chi connectivity index (χ0v) is 25.5. The van der Waals surface area contributed by atoms with Crippen LogP contribution in [-0.4, -0.2) is 42.9 Å². The van der Waals surface area contributed by atoms with E-state index in [9.17, 15) is 4.79 Å². The van der Waals surface area contributed by atoms with E-state index in [0.717, 1.165) is 77.2 Å². The lowest BCUT2D eigenvalue weighted by atomic mass is 10.0. The fourth-order valence-electron chi connectivity index (χ4n) is 4.56. The molecule has 0 aliphatic rings. The molecule has 0 fully saturated rings. The average molecular weight is 532 g/mol. The molecule has 0 heterocycles. The van der Waals surface area contributed by atoms with E-state index < -0.39 is 6.16 Å². The third-order valence-corrected chi connectivity index (χ3v) is 6.91. The van der Waals surface area contributed by atoms with Gasteiger partial charge in [-0.05, 0) is 97.7 Å². The minimum Gasteiger partial charge on any atom is -0.450 e. The van der Waals surface area contributed by atoms with Crippen molar-refractivity contribution in [3.8, 4) is 11.8 Å². The first kappa shape index (κ1) is 36.3. The molecule has 38 heavy (non-hydrogen) atoms. The number of carbonyl (C=O) groups is 1. The molecule has 0 bridgehead atoms. The van der Waals surface area contributed by atoms with E-state index in [1.807, 2.05) is 0 Å². The van der Waals surface area contributed by atoms with Crippen LogP contribution in [0.15, 0.2) is 24.3 Å². The van der Waals surface area contributed by atoms with E-state index in [4.69, 9.17) is 9.84 Å². The summed E-state index contributed by atoms with van der Waals surface area (Å²) in [7, 11) is 4.23. The van der Waals surface area contributed by atoms with Crippen molar-refractivity contribution >= 4 is 6.16 Å². The number of hydrogen-bond donors (Lipinski definition) is 1. The molecular weight excluding hydrogens is 470 g/mol. The van der Waals surface area contributed by atoms with Gasteiger partial charge in [0.25, 0.3) is 0 Å². The Balaban J connectivity index is 3.75. The maximum absolute atomic E-state index is 11.1. The average Bonchev–Trinajstić information content (AvgIpc) is 2.87. The van der Waals surface area contributed by atoms with E-state index in [1.165, 1.54) is 57.8 Å². The highest BCUT2D eigenvalue weighted by molar-refractivity contribution is 5.57. The first-order chi connectivity index (χ1) is 18.5. The van der Waals surface area contributed by atoms with E-state index in [-0.39, 0.29) is 6.10 Å². The molecule has 2 unspecified atom stereocenters. The summed E-state index contributed by atoms with van der Waals surface area (Å²) in [5.41, 5.74) is 0. The van der Waals surface area contributed by atoms with Crippen molar-refractivity contribution in [3.05, 3.63) is 24.3 Å². The van der Waals surface area contributed by atoms with Crippen LogP contribution in [0.2, 0.25) is 0 Å². The molecule has 220 valence electrons. The summed E-state index contributed by atoms with van der Waals surface area (Å²) in [6.07, 6.45) is 30.7. The van der Waals surface area contributed by atoms with Gasteiger partial charge in [0.05, 0.1) is 0 Å². The molecule has 4 heteroatoms. The summed E-state index contributed by atoms with van der Waals surface area (Å²) >= 11 is 0. The van der Waals surface area contributed by atoms with Crippen LogP contribution in [0.4, 0.5) is 4.79 Å². The standard InChI is InChI=1S/C34H61NO3/c1-5-6-7-8-9-10-11-12-13-14-15-16-17-21-24-29-33(38-34(36)37)30-25-22-19-18-20-23-27-32(2)28-26-31-35(3)4/h9-10,12-13,32-33H,5-8,11,14-22,24-26,28-31H2,1-4H3,(H,36,37)/b10-9-,13-12-. The Morgan fingerprint density at radius 1 is 0.789 bits per heavy atom. The summed E-state index contributed by atoms with van der Waals surface area (Å²) < 4.78 is 5.16. The Bertz CT molecular complexity index is 644. The lowest BCUT2D eigenvalue weighted by Crippen LogP contribution is -2.16. The SMILES string of the molecule is CCCCC/C=C\C/C=C\CCCCCCCC(CCCCCCC#CC(C)CCCN(C)C)OC(=O)O. The lowest BCUT2D eigenvalue weighted by molar-refractivity contribution is 0.0422. The molecule has 2 atom stereocenters. The summed E-state index contributed by atoms with van der Waals surface area (Å²) in [6.45, 7) is 5.60. The molecule has 1 N–H and O–H groups in total. The predicted molar refractivity (Wildman–Crippen MR) is 165 cm³/mol. The Kier molecular flexibility index (Phi) is 27.0. The molecule has 0 aromatic rings. The van der Waals surface area contributed by atoms with Gasteiger partial charge in [-0.3, -0.25) is 0 Å². The lowest BCUT2D eigenvalue weighted by Gasteiger charge is -2.15. The Morgan fingerprint density at radius 2 is 1.37 bits per heavy atom. The molecular formula is C34H61NO3. The maximum Gasteiger partial charge on any atom is 0.506 e. The molecule has 0 spiro atoms. The van der Waals surface area contributed by atoms with Crippen molar-refractivity contribution in [2.75, 3.05) is 20.6 Å². The second kappa shape index (κ2) is 28.3. The number of unbranched alkanes of at least 4 members (excludes halogenated alkanes) is 12. The second-order valence-electron chi connectivity index (χ2n) is 11.1. The summed E-state index contributed by atoms with van der Waals surface area (Å²) in [4.78, 5) is 13.3. The molecule has 0 radical (unpaired) electrons. The molecule has 0 aliphatic carbocycles. The molecule has 0 aromatic heterocycles. The van der Waals surface area contributed by atoms with Gasteiger partial charge in [-0.1, -0.05) is 83.1 Å². The monoisotopic (exact) mass is 531 g/mol. The zero-order valence-electron chi connectivity index (χ0n) is 25.5. The third-order valence-electron chi connectivity index (χ3n) is 6.91. The molecule has 4 nitrogen and oxygen atoms in total. The van der Waals surface area contributed by atoms with Crippen LogP contribution in [-0.2, 0) is 4.74 Å². The van der Waals surface area contributed by atoms with E-state index in [0.29, 0.717) is 5.92 Å². The van der Waals surface area contributed by atoms with Crippen LogP contribution in [0, 0.1) is 17.8 Å². The maximum atomic E-state index is 11.1. The van der Waals surface area contributed by atoms with Crippen LogP contribution < -0.4 is 0 Å². The minimum absolute atomic E-state index is 0.145. The zero-order chi connectivity index (χ0) is 28.1. The molecule has 0 saturated heterocycles. The van der Waals surface area contributed by atoms with Crippen molar-refractivity contribution in [2.24, 2.45) is 5.92 Å². The Morgan fingerprint density at radius 3 is 1.97 bits per heavy atom. The Hall–Kier alpha value is -1.73. The smallest absolute Gasteiger partial charge is 0.450 e. The van der Waals surface area contributed by atoms with Gasteiger partial charge in [0.2, 0.25) is 0 Å². The quantitative estimate of drug-likeness (QED) is 0.0551. The van der Waals surface area contributed by atoms with E-state index in [2.05, 4.69) is 69.0 Å². The first-order valence-electron chi connectivity index (χ1n) is 15.8. The van der Waals surface area contributed by atoms with Crippen LogP contribution in [0.5, 0.6) is 0 Å². The molecule has 0 amide bonds. The number of nitrogens with zero attached hydrogens (tertiary/aromatic N) is 1. The van der Waals surface area contributed by atoms with Gasteiger partial charge >= 0.3 is 6.16 Å². The van der Waals surface area contributed by atoms with Crippen LogP contribution in [0.25, 0.3) is 0 Å². The van der Waals surface area contributed by atoms with Gasteiger partial charge in [-0.25, -0.2) is 4.79 Å². The van der Waals surface area contributed by atoms with E-state index in [1.54, 1.807) is 0 Å². The number of ether oxygens (including phenoxy) is 1. The number of allylic oxidation sites excluding steroid dienone is 4. The summed E-state index contributed by atoms with van der Waals surface area (Å²) in [6, 6.07) is 0. The van der Waals surface area contributed by atoms with Crippen LogP contribution in [0.3, 0.4) is 0 Å². The van der Waals surface area contributed by atoms with Gasteiger partial charge in [0.1, 0.15) is 6.10 Å². The van der Waals surface area contributed by atoms with E-state index >= 15 is 0 Å². The molecule has 0 aliphatic heterocycles. The number of hydrogen-bond acceptors (Lipinski definition) is 3. The molecule has 0 rings (SSSR count). The third kappa shape index (κ3) is 28.8. The normalized spacial score (nSPS) is 13.2. The van der Waals surface area contributed by atoms with Crippen LogP contribution >= 0.6 is 0 Å². The highest BCUT2D eigenvalue weighted by Gasteiger charge is 2.13. The minimum atomic E-state index is -1.13. The first-order valence-corrected chi connectivity index (χ1v) is 15.8. The van der Waals surface area contributed by atoms with Crippen molar-refractivity contribution in [1.29, 1.82) is 0 Å². The van der Waals surface area contributed by atoms with Gasteiger partial charge in [0.15, 0.2) is 0 Å².